The Hall–Kier alpha value is -0.120. The molecule has 3 nitrogen and oxygen atoms in total. The van der Waals surface area contributed by atoms with Gasteiger partial charge in [-0.15, -0.1) is 0 Å². The molecule has 0 aromatic carbocycles. The maximum absolute atomic E-state index is 5.62. The molecule has 3 heteroatoms. The van der Waals surface area contributed by atoms with Crippen LogP contribution in [0.2, 0.25) is 0 Å². The van der Waals surface area contributed by atoms with Crippen LogP contribution in [0.15, 0.2) is 0 Å². The summed E-state index contributed by atoms with van der Waals surface area (Å²) in [5.41, 5.74) is 5.62. The highest BCUT2D eigenvalue weighted by molar-refractivity contribution is 5.01. The van der Waals surface area contributed by atoms with Gasteiger partial charge in [-0.1, -0.05) is 0 Å². The molecule has 1 aliphatic carbocycles. The van der Waals surface area contributed by atoms with E-state index in [4.69, 9.17) is 15.2 Å². The summed E-state index contributed by atoms with van der Waals surface area (Å²) in [5.74, 6) is -0.413. The second kappa shape index (κ2) is 2.86. The third-order valence-corrected chi connectivity index (χ3v) is 1.69. The Labute approximate surface area is 61.5 Å². The van der Waals surface area contributed by atoms with Crippen molar-refractivity contribution in [2.45, 2.75) is 32.1 Å². The average molecular weight is 145 g/mol. The smallest absolute Gasteiger partial charge is 0.185 e. The van der Waals surface area contributed by atoms with Crippen molar-refractivity contribution in [3.8, 4) is 0 Å². The standard InChI is InChI=1S/C7H15NO2/c1-3-9-7(10-4-2)5-6(7)8/h6H,3-5,8H2,1-2H3/t6-/m1/s1. The molecule has 0 bridgehead atoms. The second-order valence-corrected chi connectivity index (χ2v) is 2.49. The minimum Gasteiger partial charge on any atom is -0.349 e. The predicted molar refractivity (Wildman–Crippen MR) is 38.6 cm³/mol. The van der Waals surface area contributed by atoms with Crippen molar-refractivity contribution in [2.24, 2.45) is 5.73 Å². The van der Waals surface area contributed by atoms with Gasteiger partial charge in [0.25, 0.3) is 0 Å². The van der Waals surface area contributed by atoms with Gasteiger partial charge in [-0.3, -0.25) is 0 Å². The molecule has 60 valence electrons. The topological polar surface area (TPSA) is 44.5 Å². The van der Waals surface area contributed by atoms with Crippen molar-refractivity contribution in [3.63, 3.8) is 0 Å². The third-order valence-electron chi connectivity index (χ3n) is 1.69. The van der Waals surface area contributed by atoms with E-state index in [9.17, 15) is 0 Å². The van der Waals surface area contributed by atoms with E-state index < -0.39 is 5.79 Å². The fourth-order valence-corrected chi connectivity index (χ4v) is 1.11. The highest BCUT2D eigenvalue weighted by Gasteiger charge is 2.54. The molecule has 0 unspecified atom stereocenters. The summed E-state index contributed by atoms with van der Waals surface area (Å²) in [6, 6.07) is 0.0902. The Morgan fingerprint density at radius 3 is 2.00 bits per heavy atom. The van der Waals surface area contributed by atoms with E-state index in [1.54, 1.807) is 0 Å². The van der Waals surface area contributed by atoms with Crippen LogP contribution in [0.1, 0.15) is 20.3 Å². The third kappa shape index (κ3) is 1.31. The second-order valence-electron chi connectivity index (χ2n) is 2.49. The molecule has 0 saturated heterocycles. The molecule has 2 N–H and O–H groups in total. The van der Waals surface area contributed by atoms with E-state index in [-0.39, 0.29) is 6.04 Å². The van der Waals surface area contributed by atoms with Gasteiger partial charge < -0.3 is 15.2 Å². The van der Waals surface area contributed by atoms with E-state index in [2.05, 4.69) is 0 Å². The van der Waals surface area contributed by atoms with E-state index in [1.165, 1.54) is 0 Å². The zero-order valence-corrected chi connectivity index (χ0v) is 6.59. The maximum atomic E-state index is 5.62. The summed E-state index contributed by atoms with van der Waals surface area (Å²) in [7, 11) is 0. The van der Waals surface area contributed by atoms with Crippen molar-refractivity contribution in [1.82, 2.24) is 0 Å². The lowest BCUT2D eigenvalue weighted by molar-refractivity contribution is -0.163. The summed E-state index contributed by atoms with van der Waals surface area (Å²) in [4.78, 5) is 0. The van der Waals surface area contributed by atoms with Crippen LogP contribution < -0.4 is 5.73 Å². The molecular weight excluding hydrogens is 130 g/mol. The molecule has 0 amide bonds. The van der Waals surface area contributed by atoms with E-state index in [1.807, 2.05) is 13.8 Å². The van der Waals surface area contributed by atoms with Gasteiger partial charge >= 0.3 is 0 Å². The van der Waals surface area contributed by atoms with Crippen LogP contribution in [-0.2, 0) is 9.47 Å². The van der Waals surface area contributed by atoms with E-state index >= 15 is 0 Å². The Kier molecular flexibility index (Phi) is 2.28. The Morgan fingerprint density at radius 1 is 1.40 bits per heavy atom. The first-order valence-corrected chi connectivity index (χ1v) is 3.78. The molecule has 0 aromatic rings. The highest BCUT2D eigenvalue weighted by atomic mass is 16.7. The molecule has 0 spiro atoms. The Bertz CT molecular complexity index is 110. The van der Waals surface area contributed by atoms with Crippen molar-refractivity contribution < 1.29 is 9.47 Å². The van der Waals surface area contributed by atoms with Crippen LogP contribution in [-0.4, -0.2) is 25.0 Å². The van der Waals surface area contributed by atoms with Crippen molar-refractivity contribution >= 4 is 0 Å². The lowest BCUT2D eigenvalue weighted by Gasteiger charge is -2.15. The SMILES string of the molecule is CCOC1(OCC)C[C@H]1N. The summed E-state index contributed by atoms with van der Waals surface area (Å²) in [5, 5.41) is 0. The van der Waals surface area contributed by atoms with Gasteiger partial charge in [-0.05, 0) is 13.8 Å². The van der Waals surface area contributed by atoms with Crippen LogP contribution >= 0.6 is 0 Å². The van der Waals surface area contributed by atoms with Gasteiger partial charge in [0.05, 0.1) is 6.04 Å². The molecule has 1 aliphatic rings. The van der Waals surface area contributed by atoms with E-state index in [0.29, 0.717) is 13.2 Å². The van der Waals surface area contributed by atoms with Crippen LogP contribution in [0.3, 0.4) is 0 Å². The minimum absolute atomic E-state index is 0.0902. The fourth-order valence-electron chi connectivity index (χ4n) is 1.11. The highest BCUT2D eigenvalue weighted by Crippen LogP contribution is 2.39. The normalized spacial score (nSPS) is 28.5. The molecule has 10 heavy (non-hydrogen) atoms. The first-order chi connectivity index (χ1) is 4.75. The Morgan fingerprint density at radius 2 is 1.80 bits per heavy atom. The number of hydrogen-bond donors (Lipinski definition) is 1. The molecular formula is C7H15NO2. The molecule has 1 saturated carbocycles. The van der Waals surface area contributed by atoms with Crippen molar-refractivity contribution in [1.29, 1.82) is 0 Å². The van der Waals surface area contributed by atoms with Crippen molar-refractivity contribution in [2.75, 3.05) is 13.2 Å². The largest absolute Gasteiger partial charge is 0.349 e. The number of hydrogen-bond acceptors (Lipinski definition) is 3. The minimum atomic E-state index is -0.413. The molecule has 1 atom stereocenters. The van der Waals surface area contributed by atoms with Gasteiger partial charge in [-0.2, -0.15) is 0 Å². The first-order valence-electron chi connectivity index (χ1n) is 3.78. The van der Waals surface area contributed by atoms with Gasteiger partial charge in [0, 0.05) is 19.6 Å². The number of ether oxygens (including phenoxy) is 2. The van der Waals surface area contributed by atoms with Crippen LogP contribution in [0.4, 0.5) is 0 Å². The molecule has 0 heterocycles. The summed E-state index contributed by atoms with van der Waals surface area (Å²) in [6.45, 7) is 5.25. The predicted octanol–water partition coefficient (Wildman–Crippen LogP) is 0.487. The van der Waals surface area contributed by atoms with Gasteiger partial charge in [0.2, 0.25) is 0 Å². The number of nitrogens with two attached hydrogens (primary N) is 1. The Balaban J connectivity index is 2.31. The van der Waals surface area contributed by atoms with Gasteiger partial charge in [-0.25, -0.2) is 0 Å². The van der Waals surface area contributed by atoms with E-state index in [0.717, 1.165) is 6.42 Å². The first kappa shape index (κ1) is 7.98. The molecule has 1 rings (SSSR count). The van der Waals surface area contributed by atoms with Crippen LogP contribution in [0, 0.1) is 0 Å². The summed E-state index contributed by atoms with van der Waals surface area (Å²) < 4.78 is 10.7. The average Bonchev–Trinajstić information content (AvgIpc) is 2.44. The lowest BCUT2D eigenvalue weighted by atomic mass is 10.6. The van der Waals surface area contributed by atoms with Crippen molar-refractivity contribution in [3.05, 3.63) is 0 Å². The maximum Gasteiger partial charge on any atom is 0.185 e. The zero-order chi connectivity index (χ0) is 7.61. The van der Waals surface area contributed by atoms with Gasteiger partial charge in [0.15, 0.2) is 5.79 Å². The monoisotopic (exact) mass is 145 g/mol. The number of rotatable bonds is 4. The summed E-state index contributed by atoms with van der Waals surface area (Å²) >= 11 is 0. The van der Waals surface area contributed by atoms with Crippen LogP contribution in [0.25, 0.3) is 0 Å². The molecule has 1 fully saturated rings. The summed E-state index contributed by atoms with van der Waals surface area (Å²) in [6.07, 6.45) is 0.842. The molecule has 0 aliphatic heterocycles. The zero-order valence-electron chi connectivity index (χ0n) is 6.59. The molecule has 0 radical (unpaired) electrons. The fraction of sp³-hybridized carbons (Fsp3) is 1.00. The lowest BCUT2D eigenvalue weighted by Crippen LogP contribution is -2.27. The van der Waals surface area contributed by atoms with Crippen LogP contribution in [0.5, 0.6) is 0 Å². The molecule has 0 aromatic heterocycles. The van der Waals surface area contributed by atoms with Gasteiger partial charge in [0.1, 0.15) is 0 Å². The quantitative estimate of drug-likeness (QED) is 0.585.